The smallest absolute Gasteiger partial charge is 0.399 e. The van der Waals surface area contributed by atoms with Gasteiger partial charge in [0.15, 0.2) is 0 Å². The Morgan fingerprint density at radius 1 is 0.287 bits per heavy atom. The number of benzene rings is 16. The molecule has 0 unspecified atom stereocenters. The lowest BCUT2D eigenvalue weighted by atomic mass is 9.74. The Morgan fingerprint density at radius 2 is 0.620 bits per heavy atom. The van der Waals surface area contributed by atoms with Crippen LogP contribution in [-0.4, -0.2) is 47.1 Å². The summed E-state index contributed by atoms with van der Waals surface area (Å²) in [6.45, 7) is 8.36. The molecule has 0 amide bonds. The fraction of sp³-hybridized carbons (Fsp3) is 0.0612. The number of rotatable bonds is 4. The maximum Gasteiger partial charge on any atom is 0.495 e. The maximum atomic E-state index is 6.49. The van der Waals surface area contributed by atoms with Crippen LogP contribution in [0.25, 0.3) is 197 Å². The molecule has 1 saturated heterocycles. The van der Waals surface area contributed by atoms with Gasteiger partial charge in [-0.1, -0.05) is 253 Å². The Labute approximate surface area is 630 Å². The Bertz CT molecular complexity index is 7450. The summed E-state index contributed by atoms with van der Waals surface area (Å²) in [5.41, 5.74) is 17.5. The van der Waals surface area contributed by atoms with Gasteiger partial charge in [-0.3, -0.25) is 18.8 Å². The van der Waals surface area contributed by atoms with E-state index in [9.17, 15) is 0 Å². The highest BCUT2D eigenvalue weighted by atomic mass is 79.9. The summed E-state index contributed by atoms with van der Waals surface area (Å²) in [5.74, 6) is 0. The van der Waals surface area contributed by atoms with Crippen LogP contribution in [-0.2, 0) is 9.31 Å². The molecule has 0 saturated carbocycles. The first-order valence-electron chi connectivity index (χ1n) is 36.9. The Hall–Kier alpha value is -12.7. The molecule has 16 aromatic carbocycles. The maximum absolute atomic E-state index is 6.49. The highest BCUT2D eigenvalue weighted by molar-refractivity contribution is 9.10. The van der Waals surface area contributed by atoms with Gasteiger partial charge in [0, 0.05) is 38.4 Å². The SMILES string of the molecule is Brc1ccc(-c2ccc3c4ccccc4c4ccccc4c3c2)cc1.CC1(C)OB(c2cc3c4ncccc4n4c5ccccc5nc4c3c3ccccc23)OC1(C)C.c1ccc2c(c1)nc1c3c4ccccc4c(-c4ccc(-c5ccc6c7ccccc7c7ccccc7c6c5)cc4)cc3c3ncccc3n21. The third-order valence-corrected chi connectivity index (χ3v) is 23.5. The lowest BCUT2D eigenvalue weighted by Crippen LogP contribution is -2.41. The summed E-state index contributed by atoms with van der Waals surface area (Å²) in [6.07, 6.45) is 3.75. The lowest BCUT2D eigenvalue weighted by Gasteiger charge is -2.32. The number of hydrogen-bond donors (Lipinski definition) is 0. The van der Waals surface area contributed by atoms with Crippen LogP contribution >= 0.6 is 15.9 Å². The van der Waals surface area contributed by atoms with Crippen LogP contribution < -0.4 is 5.46 Å². The highest BCUT2D eigenvalue weighted by Gasteiger charge is 2.52. The number of para-hydroxylation sites is 4. The molecule has 0 radical (unpaired) electrons. The van der Waals surface area contributed by atoms with Crippen LogP contribution in [0.3, 0.4) is 0 Å². The van der Waals surface area contributed by atoms with Crippen LogP contribution in [0.4, 0.5) is 0 Å². The van der Waals surface area contributed by atoms with Crippen LogP contribution in [0.1, 0.15) is 27.7 Å². The molecule has 0 aliphatic carbocycles. The number of hydrogen-bond acceptors (Lipinski definition) is 6. The molecule has 1 aliphatic heterocycles. The van der Waals surface area contributed by atoms with E-state index in [4.69, 9.17) is 29.2 Å². The second-order valence-corrected chi connectivity index (χ2v) is 30.4. The predicted octanol–water partition coefficient (Wildman–Crippen LogP) is 25.4. The summed E-state index contributed by atoms with van der Waals surface area (Å²) in [6, 6.07) is 113. The number of imidazole rings is 2. The van der Waals surface area contributed by atoms with Crippen molar-refractivity contribution >= 4 is 192 Å². The van der Waals surface area contributed by atoms with E-state index in [2.05, 4.69) is 350 Å². The minimum atomic E-state index is -0.465. The molecule has 0 N–H and O–H groups in total. The quantitative estimate of drug-likeness (QED) is 0.129. The summed E-state index contributed by atoms with van der Waals surface area (Å²) >= 11 is 3.52. The van der Waals surface area contributed by atoms with Crippen LogP contribution in [0.5, 0.6) is 0 Å². The highest BCUT2D eigenvalue weighted by Crippen LogP contribution is 2.45. The largest absolute Gasteiger partial charge is 0.495 e. The van der Waals surface area contributed by atoms with Crippen molar-refractivity contribution in [1.29, 1.82) is 0 Å². The summed E-state index contributed by atoms with van der Waals surface area (Å²) < 4.78 is 18.6. The van der Waals surface area contributed by atoms with E-state index >= 15 is 0 Å². The molecular weight excluding hydrogens is 1380 g/mol. The standard InChI is InChI=1S/C46H27N3.C28H24BN3O2.C24H15Br/c1-2-12-33-31(10-1)32-11-3-4-13-34(32)39-26-30(23-24-36(33)39)28-19-21-29(22-20-28)38-27-40-44(37-15-6-5-14-35(37)38)46-48-41-16-7-8-17-42(41)49(46)43-18-9-25-47-45(40)43;1-27(2)28(3,4)34-29(33-27)20-16-19-24(18-11-6-5-10-17(18)20)26-31-21-12-7-8-13-22(21)32(26)23-14-9-15-30-25(19)23;25-18-12-9-16(10-13-18)17-11-14-23-21-7-2-1-5-19(21)20-6-3-4-8-22(20)24(23)15-17/h1-27H;5-16H,1-4H3;1-15H. The van der Waals surface area contributed by atoms with E-state index in [1.54, 1.807) is 0 Å². The Balaban J connectivity index is 0.000000110. The van der Waals surface area contributed by atoms with Gasteiger partial charge in [0.2, 0.25) is 0 Å². The molecule has 7 heterocycles. The van der Waals surface area contributed by atoms with E-state index in [-0.39, 0.29) is 0 Å². The molecular formula is C98H66BBrN6O2. The van der Waals surface area contributed by atoms with E-state index in [1.807, 2.05) is 30.6 Å². The average Bonchev–Trinajstić information content (AvgIpc) is 1.47. The van der Waals surface area contributed by atoms with Gasteiger partial charge >= 0.3 is 7.12 Å². The molecule has 8 nitrogen and oxygen atoms in total. The summed E-state index contributed by atoms with van der Waals surface area (Å²) in [7, 11) is -0.465. The second kappa shape index (κ2) is 24.7. The minimum Gasteiger partial charge on any atom is -0.399 e. The third-order valence-electron chi connectivity index (χ3n) is 23.0. The zero-order valence-electron chi connectivity index (χ0n) is 59.6. The molecule has 10 heteroatoms. The first-order chi connectivity index (χ1) is 53.0. The fourth-order valence-electron chi connectivity index (χ4n) is 17.1. The molecule has 22 aromatic rings. The van der Waals surface area contributed by atoms with Crippen molar-refractivity contribution in [2.75, 3.05) is 0 Å². The van der Waals surface area contributed by atoms with Gasteiger partial charge in [0.05, 0.1) is 55.3 Å². The normalized spacial score (nSPS) is 13.7. The van der Waals surface area contributed by atoms with Crippen molar-refractivity contribution in [2.45, 2.75) is 38.9 Å². The van der Waals surface area contributed by atoms with Crippen molar-refractivity contribution < 1.29 is 9.31 Å². The molecule has 1 aliphatic rings. The van der Waals surface area contributed by atoms with Crippen LogP contribution in [0, 0.1) is 0 Å². The minimum absolute atomic E-state index is 0.418. The molecule has 0 atom stereocenters. The third kappa shape index (κ3) is 9.98. The molecule has 510 valence electrons. The van der Waals surface area contributed by atoms with Crippen molar-refractivity contribution in [3.05, 3.63) is 332 Å². The molecule has 0 bridgehead atoms. The Kier molecular flexibility index (Phi) is 14.6. The number of fused-ring (bicyclic) bond motifs is 32. The van der Waals surface area contributed by atoms with Gasteiger partial charge < -0.3 is 9.31 Å². The van der Waals surface area contributed by atoms with Crippen molar-refractivity contribution in [1.82, 2.24) is 28.7 Å². The van der Waals surface area contributed by atoms with Gasteiger partial charge in [-0.2, -0.15) is 0 Å². The second-order valence-electron chi connectivity index (χ2n) is 29.5. The van der Waals surface area contributed by atoms with Gasteiger partial charge in [-0.15, -0.1) is 0 Å². The monoisotopic (exact) mass is 1450 g/mol. The van der Waals surface area contributed by atoms with E-state index in [0.29, 0.717) is 0 Å². The molecule has 1 fully saturated rings. The molecule has 108 heavy (non-hydrogen) atoms. The number of pyridine rings is 4. The van der Waals surface area contributed by atoms with Gasteiger partial charge in [-0.05, 0) is 232 Å². The van der Waals surface area contributed by atoms with Crippen molar-refractivity contribution in [3.63, 3.8) is 0 Å². The molecule has 23 rings (SSSR count). The van der Waals surface area contributed by atoms with Gasteiger partial charge in [0.1, 0.15) is 11.3 Å². The van der Waals surface area contributed by atoms with Gasteiger partial charge in [0.25, 0.3) is 0 Å². The lowest BCUT2D eigenvalue weighted by molar-refractivity contribution is 0.00578. The van der Waals surface area contributed by atoms with E-state index < -0.39 is 18.3 Å². The first-order valence-corrected chi connectivity index (χ1v) is 37.7. The van der Waals surface area contributed by atoms with E-state index in [1.165, 1.54) is 109 Å². The van der Waals surface area contributed by atoms with Crippen LogP contribution in [0.15, 0.2) is 332 Å². The average molecular weight is 1450 g/mol. The van der Waals surface area contributed by atoms with Gasteiger partial charge in [-0.25, -0.2) is 9.97 Å². The van der Waals surface area contributed by atoms with Crippen LogP contribution in [0.2, 0.25) is 0 Å². The number of nitrogens with zero attached hydrogens (tertiary/aromatic N) is 6. The fourth-order valence-corrected chi connectivity index (χ4v) is 17.4. The topological polar surface area (TPSA) is 78.8 Å². The van der Waals surface area contributed by atoms with Crippen molar-refractivity contribution in [3.8, 4) is 33.4 Å². The molecule has 0 spiro atoms. The summed E-state index contributed by atoms with van der Waals surface area (Å²) in [4.78, 5) is 20.1. The zero-order valence-corrected chi connectivity index (χ0v) is 61.2. The predicted molar refractivity (Wildman–Crippen MR) is 457 cm³/mol. The zero-order chi connectivity index (χ0) is 72.1. The van der Waals surface area contributed by atoms with Crippen molar-refractivity contribution in [2.24, 2.45) is 0 Å². The number of aromatic nitrogens is 6. The summed E-state index contributed by atoms with van der Waals surface area (Å²) in [5, 5.41) is 24.7. The Morgan fingerprint density at radius 3 is 1.07 bits per heavy atom. The molecule has 6 aromatic heterocycles. The number of halogens is 1. The first kappa shape index (κ1) is 63.8. The van der Waals surface area contributed by atoms with E-state index in [0.717, 1.165) is 97.7 Å².